The van der Waals surface area contributed by atoms with Crippen LogP contribution in [0.4, 0.5) is 0 Å². The van der Waals surface area contributed by atoms with Crippen LogP contribution in [0.25, 0.3) is 0 Å². The summed E-state index contributed by atoms with van der Waals surface area (Å²) in [5.41, 5.74) is -1.14. The van der Waals surface area contributed by atoms with Gasteiger partial charge in [0.1, 0.15) is 18.3 Å². The first kappa shape index (κ1) is 13.5. The maximum Gasteiger partial charge on any atom is 0.330 e. The van der Waals surface area contributed by atoms with E-state index in [1.54, 1.807) is 13.8 Å². The van der Waals surface area contributed by atoms with Gasteiger partial charge in [-0.2, -0.15) is 0 Å². The zero-order chi connectivity index (χ0) is 14.5. The van der Waals surface area contributed by atoms with E-state index in [2.05, 4.69) is 4.98 Å². The number of nitrogens with zero attached hydrogens (tertiary/aromatic N) is 1. The molecule has 0 amide bonds. The number of hydrogen-bond acceptors (Lipinski definition) is 6. The van der Waals surface area contributed by atoms with Crippen LogP contribution < -0.4 is 11.2 Å². The average Bonchev–Trinajstić information content (AvgIpc) is 2.66. The molecule has 8 nitrogen and oxygen atoms in total. The highest BCUT2D eigenvalue weighted by Gasteiger charge is 2.51. The summed E-state index contributed by atoms with van der Waals surface area (Å²) in [7, 11) is 0. The Balaban J connectivity index is 1.90. The first-order valence-electron chi connectivity index (χ1n) is 6.34. The highest BCUT2D eigenvalue weighted by atomic mass is 16.8. The van der Waals surface area contributed by atoms with E-state index >= 15 is 0 Å². The Labute approximate surface area is 113 Å². The van der Waals surface area contributed by atoms with Crippen molar-refractivity contribution in [1.29, 1.82) is 0 Å². The lowest BCUT2D eigenvalue weighted by molar-refractivity contribution is -0.183. The van der Waals surface area contributed by atoms with Gasteiger partial charge in [0.05, 0.1) is 6.61 Å². The Kier molecular flexibility index (Phi) is 3.05. The van der Waals surface area contributed by atoms with Gasteiger partial charge in [0, 0.05) is 12.3 Å². The lowest BCUT2D eigenvalue weighted by Crippen LogP contribution is -2.51. The molecule has 0 saturated carbocycles. The molecule has 0 spiro atoms. The van der Waals surface area contributed by atoms with Gasteiger partial charge >= 0.3 is 5.69 Å². The molecule has 2 aliphatic rings. The zero-order valence-corrected chi connectivity index (χ0v) is 11.1. The maximum absolute atomic E-state index is 11.7. The van der Waals surface area contributed by atoms with E-state index in [-0.39, 0.29) is 12.7 Å². The molecule has 0 unspecified atom stereocenters. The molecule has 0 radical (unpaired) electrons. The number of aliphatic hydroxyl groups is 1. The monoisotopic (exact) mass is 284 g/mol. The summed E-state index contributed by atoms with van der Waals surface area (Å²) in [5.74, 6) is -0.801. The number of rotatable bonds is 1. The predicted molar refractivity (Wildman–Crippen MR) is 66.1 cm³/mol. The van der Waals surface area contributed by atoms with Crippen molar-refractivity contribution in [3.8, 4) is 0 Å². The third-order valence-electron chi connectivity index (χ3n) is 3.41. The van der Waals surface area contributed by atoms with Crippen LogP contribution >= 0.6 is 0 Å². The molecule has 2 saturated heterocycles. The third-order valence-corrected chi connectivity index (χ3v) is 3.41. The summed E-state index contributed by atoms with van der Waals surface area (Å²) in [6, 6.07) is 1.19. The van der Waals surface area contributed by atoms with Gasteiger partial charge in [-0.15, -0.1) is 0 Å². The fourth-order valence-electron chi connectivity index (χ4n) is 2.61. The van der Waals surface area contributed by atoms with Crippen LogP contribution in [0, 0.1) is 0 Å². The van der Waals surface area contributed by atoms with Crippen LogP contribution in [0.5, 0.6) is 0 Å². The molecule has 4 atom stereocenters. The van der Waals surface area contributed by atoms with Crippen molar-refractivity contribution in [3.63, 3.8) is 0 Å². The van der Waals surface area contributed by atoms with E-state index < -0.39 is 35.5 Å². The number of aromatic nitrogens is 2. The van der Waals surface area contributed by atoms with Gasteiger partial charge in [0.15, 0.2) is 12.0 Å². The first-order chi connectivity index (χ1) is 9.37. The number of aromatic amines is 1. The van der Waals surface area contributed by atoms with Crippen LogP contribution in [-0.4, -0.2) is 45.4 Å². The minimum atomic E-state index is -1.07. The number of nitrogens with one attached hydrogen (secondary N) is 1. The van der Waals surface area contributed by atoms with E-state index in [0.717, 1.165) is 4.57 Å². The molecule has 3 rings (SSSR count). The van der Waals surface area contributed by atoms with Crippen LogP contribution in [0.15, 0.2) is 21.9 Å². The number of hydrogen-bond donors (Lipinski definition) is 2. The molecular formula is C12H16N2O6. The average molecular weight is 284 g/mol. The standard InChI is InChI=1S/C12H16N2O6/c1-12(2)19-6-5-18-10(8(16)9(6)20-12)14-4-3-7(15)13-11(14)17/h3-4,6,8-10,16H,5H2,1-2H3,(H,13,15,17)/t6-,8+,9-,10-/m0/s1. The zero-order valence-electron chi connectivity index (χ0n) is 11.1. The predicted octanol–water partition coefficient (Wildman–Crippen LogP) is -1.05. The Morgan fingerprint density at radius 1 is 1.40 bits per heavy atom. The van der Waals surface area contributed by atoms with E-state index in [9.17, 15) is 14.7 Å². The van der Waals surface area contributed by atoms with E-state index in [1.165, 1.54) is 12.3 Å². The molecule has 0 aliphatic carbocycles. The summed E-state index contributed by atoms with van der Waals surface area (Å²) in [4.78, 5) is 24.9. The SMILES string of the molecule is CC1(C)O[C@@H]2[C@@H](O)[C@@H](n3ccc(=O)[nH]c3=O)OC[C@@H]2O1. The lowest BCUT2D eigenvalue weighted by Gasteiger charge is -2.35. The van der Waals surface area contributed by atoms with E-state index in [4.69, 9.17) is 14.2 Å². The minimum Gasteiger partial charge on any atom is -0.386 e. The maximum atomic E-state index is 11.7. The van der Waals surface area contributed by atoms with E-state index in [0.29, 0.717) is 0 Å². The molecule has 1 aromatic rings. The Hall–Kier alpha value is -1.48. The van der Waals surface area contributed by atoms with E-state index in [1.807, 2.05) is 0 Å². The van der Waals surface area contributed by atoms with Crippen molar-refractivity contribution in [3.05, 3.63) is 33.1 Å². The van der Waals surface area contributed by atoms with Gasteiger partial charge in [0.2, 0.25) is 0 Å². The van der Waals surface area contributed by atoms with Crippen molar-refractivity contribution in [1.82, 2.24) is 9.55 Å². The van der Waals surface area contributed by atoms with Gasteiger partial charge < -0.3 is 19.3 Å². The first-order valence-corrected chi connectivity index (χ1v) is 6.34. The number of ether oxygens (including phenoxy) is 3. The summed E-state index contributed by atoms with van der Waals surface area (Å²) >= 11 is 0. The van der Waals surface area contributed by atoms with Crippen molar-refractivity contribution in [2.75, 3.05) is 6.61 Å². The third kappa shape index (κ3) is 2.20. The van der Waals surface area contributed by atoms with Gasteiger partial charge in [0.25, 0.3) is 5.56 Å². The fraction of sp³-hybridized carbons (Fsp3) is 0.667. The largest absolute Gasteiger partial charge is 0.386 e. The molecule has 1 aromatic heterocycles. The number of aliphatic hydroxyl groups excluding tert-OH is 1. The summed E-state index contributed by atoms with van der Waals surface area (Å²) < 4.78 is 17.9. The molecule has 2 fully saturated rings. The second kappa shape index (κ2) is 4.52. The normalized spacial score (nSPS) is 35.8. The summed E-state index contributed by atoms with van der Waals surface area (Å²) in [6.45, 7) is 3.69. The Morgan fingerprint density at radius 3 is 2.85 bits per heavy atom. The van der Waals surface area contributed by atoms with Crippen molar-refractivity contribution < 1.29 is 19.3 Å². The number of fused-ring (bicyclic) bond motifs is 1. The molecular weight excluding hydrogens is 268 g/mol. The fourth-order valence-corrected chi connectivity index (χ4v) is 2.61. The number of H-pyrrole nitrogens is 1. The quantitative estimate of drug-likeness (QED) is 0.682. The minimum absolute atomic E-state index is 0.196. The van der Waals surface area contributed by atoms with Crippen molar-refractivity contribution >= 4 is 0 Å². The molecule has 8 heteroatoms. The highest BCUT2D eigenvalue weighted by molar-refractivity contribution is 4.95. The van der Waals surface area contributed by atoms with Gasteiger partial charge in [-0.3, -0.25) is 14.3 Å². The van der Waals surface area contributed by atoms with Gasteiger partial charge in [-0.25, -0.2) is 4.79 Å². The van der Waals surface area contributed by atoms with Crippen molar-refractivity contribution in [2.24, 2.45) is 0 Å². The molecule has 110 valence electrons. The molecule has 3 heterocycles. The van der Waals surface area contributed by atoms with Crippen LogP contribution in [0.2, 0.25) is 0 Å². The molecule has 2 aliphatic heterocycles. The molecule has 2 N–H and O–H groups in total. The molecule has 0 aromatic carbocycles. The smallest absolute Gasteiger partial charge is 0.330 e. The van der Waals surface area contributed by atoms with Gasteiger partial charge in [-0.05, 0) is 13.8 Å². The van der Waals surface area contributed by atoms with Gasteiger partial charge in [-0.1, -0.05) is 0 Å². The highest BCUT2D eigenvalue weighted by Crippen LogP contribution is 2.36. The lowest BCUT2D eigenvalue weighted by atomic mass is 10.0. The van der Waals surface area contributed by atoms with Crippen molar-refractivity contribution in [2.45, 2.75) is 44.2 Å². The van der Waals surface area contributed by atoms with Crippen LogP contribution in [-0.2, 0) is 14.2 Å². The second-order valence-corrected chi connectivity index (χ2v) is 5.37. The molecule has 0 bridgehead atoms. The Morgan fingerprint density at radius 2 is 2.15 bits per heavy atom. The van der Waals surface area contributed by atoms with Crippen LogP contribution in [0.1, 0.15) is 20.1 Å². The summed E-state index contributed by atoms with van der Waals surface area (Å²) in [5, 5.41) is 10.3. The topological polar surface area (TPSA) is 103 Å². The summed E-state index contributed by atoms with van der Waals surface area (Å²) in [6.07, 6.45) is -1.66. The van der Waals surface area contributed by atoms with Crippen LogP contribution in [0.3, 0.4) is 0 Å². The second-order valence-electron chi connectivity index (χ2n) is 5.37. The molecule has 20 heavy (non-hydrogen) atoms. The Bertz CT molecular complexity index is 621.